The topological polar surface area (TPSA) is 71.3 Å². The summed E-state index contributed by atoms with van der Waals surface area (Å²) in [5, 5.41) is 5.96. The fourth-order valence-electron chi connectivity index (χ4n) is 2.23. The maximum Gasteiger partial charge on any atom is 0.291 e. The molecule has 0 aliphatic rings. The summed E-state index contributed by atoms with van der Waals surface area (Å²) in [5.41, 5.74) is 1.98. The zero-order valence-electron chi connectivity index (χ0n) is 13.2. The number of amides is 2. The van der Waals surface area contributed by atoms with Crippen molar-refractivity contribution < 1.29 is 14.0 Å². The fraction of sp³-hybridized carbons (Fsp3) is 0.0526. The number of rotatable bonds is 5. The Hall–Kier alpha value is -3.05. The predicted octanol–water partition coefficient (Wildman–Crippen LogP) is 4.12. The van der Waals surface area contributed by atoms with E-state index in [9.17, 15) is 9.59 Å². The van der Waals surface area contributed by atoms with Gasteiger partial charge >= 0.3 is 0 Å². The Morgan fingerprint density at radius 1 is 0.920 bits per heavy atom. The van der Waals surface area contributed by atoms with Gasteiger partial charge in [0.1, 0.15) is 0 Å². The first-order valence-corrected chi connectivity index (χ1v) is 7.98. The second-order valence-electron chi connectivity index (χ2n) is 5.29. The number of halogens is 1. The van der Waals surface area contributed by atoms with Gasteiger partial charge in [-0.05, 0) is 42.0 Å². The van der Waals surface area contributed by atoms with Crippen molar-refractivity contribution in [2.45, 2.75) is 6.54 Å². The van der Waals surface area contributed by atoms with Crippen molar-refractivity contribution in [2.75, 3.05) is 5.32 Å². The molecule has 5 nitrogen and oxygen atoms in total. The molecule has 2 amide bonds. The van der Waals surface area contributed by atoms with Crippen molar-refractivity contribution in [2.24, 2.45) is 0 Å². The van der Waals surface area contributed by atoms with E-state index in [1.165, 1.54) is 6.26 Å². The first kappa shape index (κ1) is 16.8. The number of carbonyl (C=O) groups excluding carboxylic acids is 2. The van der Waals surface area contributed by atoms with Crippen LogP contribution in [0.4, 0.5) is 5.69 Å². The highest BCUT2D eigenvalue weighted by Crippen LogP contribution is 2.15. The summed E-state index contributed by atoms with van der Waals surface area (Å²) in [7, 11) is 0. The van der Waals surface area contributed by atoms with Crippen molar-refractivity contribution in [3.05, 3.63) is 88.8 Å². The molecule has 1 aromatic heterocycles. The molecule has 1 heterocycles. The highest BCUT2D eigenvalue weighted by atomic mass is 35.5. The van der Waals surface area contributed by atoms with Gasteiger partial charge in [0.05, 0.1) is 16.8 Å². The maximum atomic E-state index is 12.1. The largest absolute Gasteiger partial charge is 0.459 e. The molecule has 0 spiro atoms. The number of carbonyl (C=O) groups is 2. The molecule has 2 N–H and O–H groups in total. The van der Waals surface area contributed by atoms with E-state index in [2.05, 4.69) is 10.6 Å². The second kappa shape index (κ2) is 7.68. The van der Waals surface area contributed by atoms with Crippen LogP contribution in [0.1, 0.15) is 26.5 Å². The highest BCUT2D eigenvalue weighted by Gasteiger charge is 2.10. The Morgan fingerprint density at radius 2 is 1.68 bits per heavy atom. The molecular weight excluding hydrogens is 340 g/mol. The van der Waals surface area contributed by atoms with Crippen LogP contribution >= 0.6 is 11.6 Å². The monoisotopic (exact) mass is 354 g/mol. The van der Waals surface area contributed by atoms with E-state index in [1.54, 1.807) is 48.5 Å². The second-order valence-corrected chi connectivity index (χ2v) is 5.70. The molecule has 0 aliphatic carbocycles. The lowest BCUT2D eigenvalue weighted by Crippen LogP contribution is -2.23. The molecule has 0 atom stereocenters. The number of furan rings is 1. The molecule has 3 rings (SSSR count). The van der Waals surface area contributed by atoms with Crippen LogP contribution in [0.15, 0.2) is 71.3 Å². The summed E-state index contributed by atoms with van der Waals surface area (Å²) < 4.78 is 5.04. The molecule has 2 aromatic carbocycles. The quantitative estimate of drug-likeness (QED) is 0.724. The summed E-state index contributed by atoms with van der Waals surface area (Å²) in [6.45, 7) is 0.358. The number of anilines is 1. The van der Waals surface area contributed by atoms with E-state index < -0.39 is 0 Å². The minimum atomic E-state index is -0.315. The maximum absolute atomic E-state index is 12.1. The Balaban J connectivity index is 1.57. The van der Waals surface area contributed by atoms with Gasteiger partial charge in [0.25, 0.3) is 11.8 Å². The van der Waals surface area contributed by atoms with E-state index in [0.29, 0.717) is 22.8 Å². The average Bonchev–Trinajstić information content (AvgIpc) is 3.16. The van der Waals surface area contributed by atoms with Crippen LogP contribution in [0, 0.1) is 0 Å². The van der Waals surface area contributed by atoms with Gasteiger partial charge in [-0.2, -0.15) is 0 Å². The fourth-order valence-corrected chi connectivity index (χ4v) is 2.45. The van der Waals surface area contributed by atoms with Crippen molar-refractivity contribution in [3.8, 4) is 0 Å². The van der Waals surface area contributed by atoms with Crippen LogP contribution < -0.4 is 10.6 Å². The molecule has 6 heteroatoms. The molecule has 0 saturated carbocycles. The van der Waals surface area contributed by atoms with Gasteiger partial charge in [0.15, 0.2) is 5.76 Å². The van der Waals surface area contributed by atoms with E-state index in [4.69, 9.17) is 16.0 Å². The van der Waals surface area contributed by atoms with Crippen LogP contribution in [0.3, 0.4) is 0 Å². The van der Waals surface area contributed by atoms with E-state index in [0.717, 1.165) is 5.56 Å². The highest BCUT2D eigenvalue weighted by molar-refractivity contribution is 6.33. The summed E-state index contributed by atoms with van der Waals surface area (Å²) in [6.07, 6.45) is 1.44. The van der Waals surface area contributed by atoms with Crippen LogP contribution in [-0.4, -0.2) is 11.8 Å². The first-order valence-electron chi connectivity index (χ1n) is 7.60. The molecule has 0 saturated heterocycles. The van der Waals surface area contributed by atoms with Crippen molar-refractivity contribution in [3.63, 3.8) is 0 Å². The first-order chi connectivity index (χ1) is 12.1. The van der Waals surface area contributed by atoms with Crippen LogP contribution in [0.5, 0.6) is 0 Å². The average molecular weight is 355 g/mol. The zero-order valence-corrected chi connectivity index (χ0v) is 13.9. The van der Waals surface area contributed by atoms with Gasteiger partial charge in [-0.25, -0.2) is 0 Å². The Bertz CT molecular complexity index is 874. The van der Waals surface area contributed by atoms with Gasteiger partial charge in [-0.1, -0.05) is 35.9 Å². The SMILES string of the molecule is O=C(Nc1ccc(CNC(=O)c2ccccc2Cl)cc1)c1ccco1. The van der Waals surface area contributed by atoms with Gasteiger partial charge in [0, 0.05) is 12.2 Å². The number of benzene rings is 2. The number of nitrogens with one attached hydrogen (secondary N) is 2. The molecular formula is C19H15ClN2O3. The summed E-state index contributed by atoms with van der Waals surface area (Å²) in [4.78, 5) is 24.0. The van der Waals surface area contributed by atoms with Gasteiger partial charge in [-0.15, -0.1) is 0 Å². The third-order valence-corrected chi connectivity index (χ3v) is 3.86. The Morgan fingerprint density at radius 3 is 2.36 bits per heavy atom. The summed E-state index contributed by atoms with van der Waals surface area (Å²) in [6, 6.07) is 17.3. The third-order valence-electron chi connectivity index (χ3n) is 3.53. The van der Waals surface area contributed by atoms with Crippen molar-refractivity contribution in [1.82, 2.24) is 5.32 Å². The van der Waals surface area contributed by atoms with Crippen LogP contribution in [0.2, 0.25) is 5.02 Å². The van der Waals surface area contributed by atoms with E-state index >= 15 is 0 Å². The zero-order chi connectivity index (χ0) is 17.6. The third kappa shape index (κ3) is 4.28. The summed E-state index contributed by atoms with van der Waals surface area (Å²) >= 11 is 6.00. The standard InChI is InChI=1S/C19H15ClN2O3/c20-16-5-2-1-4-15(16)18(23)21-12-13-7-9-14(10-8-13)22-19(24)17-6-3-11-25-17/h1-11H,12H2,(H,21,23)(H,22,24). The van der Waals surface area contributed by atoms with Crippen LogP contribution in [0.25, 0.3) is 0 Å². The Labute approximate surface area is 149 Å². The molecule has 0 fully saturated rings. The lowest BCUT2D eigenvalue weighted by atomic mass is 10.1. The molecule has 0 aliphatic heterocycles. The van der Waals surface area contributed by atoms with Crippen molar-refractivity contribution >= 4 is 29.1 Å². The van der Waals surface area contributed by atoms with Gasteiger partial charge < -0.3 is 15.1 Å². The lowest BCUT2D eigenvalue weighted by molar-refractivity contribution is 0.0950. The van der Waals surface area contributed by atoms with E-state index in [1.807, 2.05) is 12.1 Å². The van der Waals surface area contributed by atoms with Crippen LogP contribution in [-0.2, 0) is 6.54 Å². The molecule has 126 valence electrons. The predicted molar refractivity (Wildman–Crippen MR) is 95.7 cm³/mol. The molecule has 0 unspecified atom stereocenters. The minimum Gasteiger partial charge on any atom is -0.459 e. The van der Waals surface area contributed by atoms with Gasteiger partial charge in [0.2, 0.25) is 0 Å². The number of hydrogen-bond donors (Lipinski definition) is 2. The number of hydrogen-bond acceptors (Lipinski definition) is 3. The summed E-state index contributed by atoms with van der Waals surface area (Å²) in [5.74, 6) is -0.304. The Kier molecular flexibility index (Phi) is 5.16. The van der Waals surface area contributed by atoms with E-state index in [-0.39, 0.29) is 17.6 Å². The molecule has 0 bridgehead atoms. The normalized spacial score (nSPS) is 10.3. The minimum absolute atomic E-state index is 0.235. The smallest absolute Gasteiger partial charge is 0.291 e. The lowest BCUT2D eigenvalue weighted by Gasteiger charge is -2.08. The molecule has 3 aromatic rings. The molecule has 25 heavy (non-hydrogen) atoms. The molecule has 0 radical (unpaired) electrons. The van der Waals surface area contributed by atoms with Crippen molar-refractivity contribution in [1.29, 1.82) is 0 Å². The van der Waals surface area contributed by atoms with Gasteiger partial charge in [-0.3, -0.25) is 9.59 Å².